The number of likely N-dealkylation sites (N-methyl/N-ethyl adjacent to an activating group) is 1. The van der Waals surface area contributed by atoms with Crippen LogP contribution in [0.25, 0.3) is 11.1 Å². The van der Waals surface area contributed by atoms with Crippen molar-refractivity contribution in [3.05, 3.63) is 59.5 Å². The molecule has 0 aliphatic carbocycles. The largest absolute Gasteiger partial charge is 0.440 e. The highest BCUT2D eigenvalue weighted by atomic mass is 16.3. The fraction of sp³-hybridized carbons (Fsp3) is 0.250. The first-order chi connectivity index (χ1) is 12.6. The lowest BCUT2D eigenvalue weighted by Gasteiger charge is -2.11. The summed E-state index contributed by atoms with van der Waals surface area (Å²) in [5.41, 5.74) is 2.95. The highest BCUT2D eigenvalue weighted by molar-refractivity contribution is 6.36. The van der Waals surface area contributed by atoms with Crippen LogP contribution in [0, 0.1) is 0 Å². The molecule has 26 heavy (non-hydrogen) atoms. The predicted molar refractivity (Wildman–Crippen MR) is 101 cm³/mol. The summed E-state index contributed by atoms with van der Waals surface area (Å²) in [4.78, 5) is 29.6. The number of carbonyl (C=O) groups is 2. The Morgan fingerprint density at radius 2 is 2.00 bits per heavy atom. The molecule has 1 heterocycles. The summed E-state index contributed by atoms with van der Waals surface area (Å²) in [5, 5.41) is 3.25. The van der Waals surface area contributed by atoms with Crippen molar-refractivity contribution in [2.24, 2.45) is 0 Å². The number of fused-ring (bicyclic) bond motifs is 1. The topological polar surface area (TPSA) is 75.4 Å². The Morgan fingerprint density at radius 3 is 2.69 bits per heavy atom. The zero-order chi connectivity index (χ0) is 18.5. The van der Waals surface area contributed by atoms with Crippen molar-refractivity contribution < 1.29 is 14.0 Å². The number of rotatable bonds is 8. The molecule has 0 saturated carbocycles. The van der Waals surface area contributed by atoms with Gasteiger partial charge in [0.2, 0.25) is 5.78 Å². The van der Waals surface area contributed by atoms with Gasteiger partial charge in [0.25, 0.3) is 0 Å². The molecule has 0 bridgehead atoms. The number of anilines is 1. The van der Waals surface area contributed by atoms with E-state index in [0.717, 1.165) is 17.8 Å². The molecular formula is C20H21N3O3. The molecular weight excluding hydrogens is 330 g/mol. The van der Waals surface area contributed by atoms with Gasteiger partial charge in [0.1, 0.15) is 5.52 Å². The van der Waals surface area contributed by atoms with Gasteiger partial charge in [-0.05, 0) is 31.8 Å². The maximum Gasteiger partial charge on any atom is 0.229 e. The van der Waals surface area contributed by atoms with Crippen molar-refractivity contribution in [3.8, 4) is 0 Å². The van der Waals surface area contributed by atoms with Crippen LogP contribution in [-0.2, 0) is 11.2 Å². The molecule has 134 valence electrons. The summed E-state index contributed by atoms with van der Waals surface area (Å²) >= 11 is 0. The minimum atomic E-state index is -0.617. The first kappa shape index (κ1) is 17.8. The van der Waals surface area contributed by atoms with Gasteiger partial charge in [0, 0.05) is 25.2 Å². The van der Waals surface area contributed by atoms with Gasteiger partial charge in [-0.2, -0.15) is 0 Å². The lowest BCUT2D eigenvalue weighted by atomic mass is 10.1. The van der Waals surface area contributed by atoms with Crippen LogP contribution in [0.1, 0.15) is 21.8 Å². The molecule has 3 aromatic rings. The second-order valence-corrected chi connectivity index (χ2v) is 6.35. The number of Topliss-reactive ketones (excluding diaryl/α,β-unsaturated/α-hetero) is 1. The van der Waals surface area contributed by atoms with Crippen LogP contribution in [0.2, 0.25) is 0 Å². The van der Waals surface area contributed by atoms with E-state index in [-0.39, 0.29) is 5.56 Å². The van der Waals surface area contributed by atoms with Crippen molar-refractivity contribution in [1.82, 2.24) is 9.88 Å². The van der Waals surface area contributed by atoms with E-state index in [1.165, 1.54) is 0 Å². The Labute approximate surface area is 151 Å². The number of hydrogen-bond acceptors (Lipinski definition) is 6. The molecule has 3 rings (SSSR count). The maximum absolute atomic E-state index is 12.0. The van der Waals surface area contributed by atoms with Crippen LogP contribution in [0.4, 0.5) is 5.69 Å². The quantitative estimate of drug-likeness (QED) is 0.382. The normalized spacial score (nSPS) is 11.0. The minimum absolute atomic E-state index is 0.233. The zero-order valence-electron chi connectivity index (χ0n) is 14.9. The molecule has 1 aromatic heterocycles. The Kier molecular flexibility index (Phi) is 5.43. The number of carbonyl (C=O) groups excluding carboxylic acids is 2. The van der Waals surface area contributed by atoms with Gasteiger partial charge in [0.15, 0.2) is 17.8 Å². The highest BCUT2D eigenvalue weighted by Crippen LogP contribution is 2.26. The van der Waals surface area contributed by atoms with E-state index in [1.54, 1.807) is 6.07 Å². The van der Waals surface area contributed by atoms with Crippen LogP contribution in [0.15, 0.2) is 46.9 Å². The smallest absolute Gasteiger partial charge is 0.229 e. The van der Waals surface area contributed by atoms with Gasteiger partial charge < -0.3 is 14.6 Å². The number of ketones is 1. The molecule has 0 spiro atoms. The summed E-state index contributed by atoms with van der Waals surface area (Å²) in [7, 11) is 3.97. The lowest BCUT2D eigenvalue weighted by molar-refractivity contribution is -0.104. The van der Waals surface area contributed by atoms with E-state index in [0.29, 0.717) is 36.2 Å². The summed E-state index contributed by atoms with van der Waals surface area (Å²) in [5.74, 6) is -0.106. The summed E-state index contributed by atoms with van der Waals surface area (Å²) < 4.78 is 5.80. The van der Waals surface area contributed by atoms with Crippen LogP contribution in [-0.4, -0.2) is 49.1 Å². The minimum Gasteiger partial charge on any atom is -0.440 e. The zero-order valence-corrected chi connectivity index (χ0v) is 14.9. The van der Waals surface area contributed by atoms with Crippen LogP contribution >= 0.6 is 0 Å². The van der Waals surface area contributed by atoms with Crippen molar-refractivity contribution in [2.45, 2.75) is 6.42 Å². The van der Waals surface area contributed by atoms with E-state index in [4.69, 9.17) is 4.42 Å². The first-order valence-electron chi connectivity index (χ1n) is 8.42. The van der Waals surface area contributed by atoms with Gasteiger partial charge in [-0.3, -0.25) is 9.59 Å². The fourth-order valence-electron chi connectivity index (χ4n) is 2.70. The molecule has 0 unspecified atom stereocenters. The van der Waals surface area contributed by atoms with E-state index in [1.807, 2.05) is 50.5 Å². The second kappa shape index (κ2) is 7.93. The third-order valence-electron chi connectivity index (χ3n) is 3.99. The van der Waals surface area contributed by atoms with Crippen LogP contribution in [0.5, 0.6) is 0 Å². The van der Waals surface area contributed by atoms with Gasteiger partial charge in [0.05, 0.1) is 5.56 Å². The van der Waals surface area contributed by atoms with Gasteiger partial charge in [-0.1, -0.05) is 30.3 Å². The Balaban J connectivity index is 1.94. The van der Waals surface area contributed by atoms with Gasteiger partial charge in [-0.25, -0.2) is 4.98 Å². The van der Waals surface area contributed by atoms with Crippen LogP contribution < -0.4 is 5.32 Å². The molecule has 0 radical (unpaired) electrons. The van der Waals surface area contributed by atoms with Crippen LogP contribution in [0.3, 0.4) is 0 Å². The van der Waals surface area contributed by atoms with Gasteiger partial charge in [-0.15, -0.1) is 0 Å². The number of benzene rings is 2. The maximum atomic E-state index is 12.0. The first-order valence-corrected chi connectivity index (χ1v) is 8.42. The average molecular weight is 351 g/mol. The molecule has 0 aliphatic heterocycles. The summed E-state index contributed by atoms with van der Waals surface area (Å²) in [6.07, 6.45) is 0.825. The Bertz CT molecular complexity index is 917. The van der Waals surface area contributed by atoms with Crippen molar-refractivity contribution in [1.29, 1.82) is 0 Å². The molecule has 6 heteroatoms. The summed E-state index contributed by atoms with van der Waals surface area (Å²) in [6.45, 7) is 1.55. The molecule has 0 atom stereocenters. The Hall–Kier alpha value is -2.99. The molecule has 1 N–H and O–H groups in total. The highest BCUT2D eigenvalue weighted by Gasteiger charge is 2.17. The number of nitrogens with zero attached hydrogens (tertiary/aromatic N) is 2. The Morgan fingerprint density at radius 1 is 1.23 bits per heavy atom. The molecule has 0 saturated heterocycles. The predicted octanol–water partition coefficient (Wildman–Crippen LogP) is 2.77. The number of nitrogens with one attached hydrogen (secondary N) is 1. The average Bonchev–Trinajstić information content (AvgIpc) is 3.03. The monoisotopic (exact) mass is 351 g/mol. The second-order valence-electron chi connectivity index (χ2n) is 6.35. The van der Waals surface area contributed by atoms with Crippen molar-refractivity contribution in [3.63, 3.8) is 0 Å². The van der Waals surface area contributed by atoms with Gasteiger partial charge >= 0.3 is 0 Å². The third-order valence-corrected chi connectivity index (χ3v) is 3.99. The van der Waals surface area contributed by atoms with E-state index >= 15 is 0 Å². The van der Waals surface area contributed by atoms with E-state index in [9.17, 15) is 9.59 Å². The molecule has 0 aliphatic rings. The number of aldehydes is 1. The molecule has 6 nitrogen and oxygen atoms in total. The standard InChI is InChI=1S/C20H21N3O3/c1-23(2)9-8-21-15-11-16(18(25)13-24)20-17(12-15)22-19(26-20)10-14-6-4-3-5-7-14/h3-7,11-13,21H,8-10H2,1-2H3. The van der Waals surface area contributed by atoms with Crippen molar-refractivity contribution in [2.75, 3.05) is 32.5 Å². The lowest BCUT2D eigenvalue weighted by Crippen LogP contribution is -2.20. The molecule has 0 amide bonds. The van der Waals surface area contributed by atoms with Crippen molar-refractivity contribution >= 4 is 28.9 Å². The third kappa shape index (κ3) is 4.15. The number of hydrogen-bond donors (Lipinski definition) is 1. The SMILES string of the molecule is CN(C)CCNc1cc(C(=O)C=O)c2oc(Cc3ccccc3)nc2c1. The molecule has 0 fully saturated rings. The number of oxazole rings is 1. The fourth-order valence-corrected chi connectivity index (χ4v) is 2.70. The number of aromatic nitrogens is 1. The molecule has 2 aromatic carbocycles. The van der Waals surface area contributed by atoms with E-state index in [2.05, 4.69) is 15.2 Å². The summed E-state index contributed by atoms with van der Waals surface area (Å²) in [6, 6.07) is 13.3. The van der Waals surface area contributed by atoms with E-state index < -0.39 is 5.78 Å².